The molecule has 0 aliphatic rings. The first-order valence-corrected chi connectivity index (χ1v) is 8.63. The van der Waals surface area contributed by atoms with Crippen LogP contribution < -0.4 is 9.64 Å². The van der Waals surface area contributed by atoms with Gasteiger partial charge < -0.3 is 14.7 Å². The molecular weight excluding hydrogens is 390 g/mol. The van der Waals surface area contributed by atoms with Crippen molar-refractivity contribution >= 4 is 11.7 Å². The Morgan fingerprint density at radius 1 is 1.14 bits per heavy atom. The SMILES string of the molecule is CC.CC#CN(C)c1cc(C(=O)O)cc(-c2ccc(OC(F)(F)F)cc2F)c1C. The van der Waals surface area contributed by atoms with Crippen LogP contribution in [0.1, 0.15) is 36.7 Å². The van der Waals surface area contributed by atoms with Crippen LogP contribution in [-0.2, 0) is 0 Å². The molecule has 0 heterocycles. The molecule has 0 bridgehead atoms. The van der Waals surface area contributed by atoms with Gasteiger partial charge in [-0.05, 0) is 49.2 Å². The molecule has 0 amide bonds. The van der Waals surface area contributed by atoms with E-state index in [4.69, 9.17) is 0 Å². The van der Waals surface area contributed by atoms with Crippen molar-refractivity contribution in [1.29, 1.82) is 0 Å². The second kappa shape index (κ2) is 9.82. The van der Waals surface area contributed by atoms with Crippen molar-refractivity contribution < 1.29 is 32.2 Å². The fourth-order valence-electron chi connectivity index (χ4n) is 2.59. The Kier molecular flexibility index (Phi) is 8.07. The minimum absolute atomic E-state index is 0.0516. The normalized spacial score (nSPS) is 10.2. The summed E-state index contributed by atoms with van der Waals surface area (Å²) in [6.45, 7) is 7.25. The van der Waals surface area contributed by atoms with Crippen molar-refractivity contribution in [3.8, 4) is 28.8 Å². The van der Waals surface area contributed by atoms with Gasteiger partial charge in [0.1, 0.15) is 11.6 Å². The summed E-state index contributed by atoms with van der Waals surface area (Å²) < 4.78 is 55.0. The highest BCUT2D eigenvalue weighted by Crippen LogP contribution is 2.35. The van der Waals surface area contributed by atoms with Gasteiger partial charge in [0.05, 0.1) is 11.3 Å². The lowest BCUT2D eigenvalue weighted by molar-refractivity contribution is -0.274. The third kappa shape index (κ3) is 6.14. The summed E-state index contributed by atoms with van der Waals surface area (Å²) in [7, 11) is 1.62. The molecule has 0 fully saturated rings. The monoisotopic (exact) mass is 411 g/mol. The van der Waals surface area contributed by atoms with Crippen LogP contribution in [0.4, 0.5) is 23.2 Å². The summed E-state index contributed by atoms with van der Waals surface area (Å²) in [6, 6.07) is 8.08. The molecule has 0 saturated heterocycles. The maximum absolute atomic E-state index is 14.5. The topological polar surface area (TPSA) is 49.8 Å². The summed E-state index contributed by atoms with van der Waals surface area (Å²) >= 11 is 0. The Hall–Kier alpha value is -3.21. The number of nitrogens with zero attached hydrogens (tertiary/aromatic N) is 1. The Morgan fingerprint density at radius 3 is 2.24 bits per heavy atom. The van der Waals surface area contributed by atoms with Crippen LogP contribution in [0.15, 0.2) is 30.3 Å². The van der Waals surface area contributed by atoms with Crippen molar-refractivity contribution in [2.45, 2.75) is 34.1 Å². The standard InChI is InChI=1S/C19H15F4NO3.C2H6/c1-4-7-24(3)17-9-12(18(25)26)8-15(11(17)2)14-6-5-13(10-16(14)20)27-19(21,22)23;1-2/h5-6,8-10H,1-3H3,(H,25,26);1-2H3. The molecule has 0 unspecified atom stereocenters. The Labute approximate surface area is 166 Å². The molecule has 2 aromatic carbocycles. The number of carboxylic acid groups (broad SMARTS) is 1. The van der Waals surface area contributed by atoms with Gasteiger partial charge in [0.15, 0.2) is 0 Å². The maximum atomic E-state index is 14.5. The number of carbonyl (C=O) groups is 1. The van der Waals surface area contributed by atoms with Crippen LogP contribution in [0, 0.1) is 24.7 Å². The van der Waals surface area contributed by atoms with Gasteiger partial charge in [-0.2, -0.15) is 0 Å². The van der Waals surface area contributed by atoms with Gasteiger partial charge in [0.25, 0.3) is 0 Å². The predicted molar refractivity (Wildman–Crippen MR) is 103 cm³/mol. The van der Waals surface area contributed by atoms with E-state index in [2.05, 4.69) is 16.7 Å². The third-order valence-corrected chi connectivity index (χ3v) is 3.73. The van der Waals surface area contributed by atoms with E-state index in [-0.39, 0.29) is 16.7 Å². The summed E-state index contributed by atoms with van der Waals surface area (Å²) in [4.78, 5) is 12.9. The zero-order valence-corrected chi connectivity index (χ0v) is 16.6. The largest absolute Gasteiger partial charge is 0.573 e. The first-order chi connectivity index (χ1) is 13.5. The molecule has 0 spiro atoms. The molecule has 0 atom stereocenters. The quantitative estimate of drug-likeness (QED) is 0.390. The van der Waals surface area contributed by atoms with Crippen LogP contribution in [0.25, 0.3) is 11.1 Å². The molecule has 0 saturated carbocycles. The third-order valence-electron chi connectivity index (χ3n) is 3.73. The zero-order valence-electron chi connectivity index (χ0n) is 16.6. The molecule has 29 heavy (non-hydrogen) atoms. The van der Waals surface area contributed by atoms with Gasteiger partial charge in [-0.25, -0.2) is 9.18 Å². The zero-order chi connectivity index (χ0) is 22.4. The number of alkyl halides is 3. The smallest absolute Gasteiger partial charge is 0.478 e. The van der Waals surface area contributed by atoms with Crippen LogP contribution in [0.3, 0.4) is 0 Å². The fourth-order valence-corrected chi connectivity index (χ4v) is 2.59. The summed E-state index contributed by atoms with van der Waals surface area (Å²) in [5, 5.41) is 9.33. The maximum Gasteiger partial charge on any atom is 0.573 e. The van der Waals surface area contributed by atoms with Gasteiger partial charge in [0.2, 0.25) is 0 Å². The first kappa shape index (κ1) is 23.8. The second-order valence-electron chi connectivity index (χ2n) is 5.58. The average molecular weight is 411 g/mol. The van der Waals surface area contributed by atoms with E-state index in [9.17, 15) is 27.5 Å². The van der Waals surface area contributed by atoms with Crippen molar-refractivity contribution in [1.82, 2.24) is 0 Å². The first-order valence-electron chi connectivity index (χ1n) is 8.63. The predicted octanol–water partition coefficient (Wildman–Crippen LogP) is 5.84. The molecule has 156 valence electrons. The minimum atomic E-state index is -4.94. The number of rotatable bonds is 4. The summed E-state index contributed by atoms with van der Waals surface area (Å²) in [5.41, 5.74) is 1.03. The van der Waals surface area contributed by atoms with Crippen LogP contribution >= 0.6 is 0 Å². The van der Waals surface area contributed by atoms with Crippen LogP contribution in [0.2, 0.25) is 0 Å². The van der Waals surface area contributed by atoms with Crippen LogP contribution in [0.5, 0.6) is 5.75 Å². The molecule has 0 aromatic heterocycles. The van der Waals surface area contributed by atoms with Crippen molar-refractivity contribution in [3.63, 3.8) is 0 Å². The lowest BCUT2D eigenvalue weighted by Crippen LogP contribution is -2.17. The number of aromatic carboxylic acids is 1. The van der Waals surface area contributed by atoms with Gasteiger partial charge in [-0.3, -0.25) is 0 Å². The van der Waals surface area contributed by atoms with Crippen molar-refractivity contribution in [3.05, 3.63) is 47.3 Å². The molecular formula is C21H21F4NO3. The van der Waals surface area contributed by atoms with Crippen molar-refractivity contribution in [2.24, 2.45) is 0 Å². The van der Waals surface area contributed by atoms with Crippen LogP contribution in [-0.4, -0.2) is 24.5 Å². The molecule has 2 rings (SSSR count). The lowest BCUT2D eigenvalue weighted by Gasteiger charge is -2.19. The Bertz CT molecular complexity index is 943. The van der Waals surface area contributed by atoms with E-state index in [0.29, 0.717) is 17.3 Å². The number of carboxylic acids is 1. The highest BCUT2D eigenvalue weighted by atomic mass is 19.4. The summed E-state index contributed by atoms with van der Waals surface area (Å²) in [6.07, 6.45) is -4.94. The number of ether oxygens (including phenoxy) is 1. The molecule has 4 nitrogen and oxygen atoms in total. The van der Waals surface area contributed by atoms with Gasteiger partial charge >= 0.3 is 12.3 Å². The van der Waals surface area contributed by atoms with E-state index in [0.717, 1.165) is 12.1 Å². The highest BCUT2D eigenvalue weighted by Gasteiger charge is 2.31. The summed E-state index contributed by atoms with van der Waals surface area (Å²) in [5.74, 6) is -0.234. The van der Waals surface area contributed by atoms with Gasteiger partial charge in [0, 0.05) is 24.7 Å². The molecule has 0 aliphatic heterocycles. The van der Waals surface area contributed by atoms with Gasteiger partial charge in [-0.15, -0.1) is 13.2 Å². The Morgan fingerprint density at radius 2 is 1.76 bits per heavy atom. The molecule has 1 N–H and O–H groups in total. The number of anilines is 1. The van der Waals surface area contributed by atoms with E-state index in [1.165, 1.54) is 17.0 Å². The van der Waals surface area contributed by atoms with Gasteiger partial charge in [-0.1, -0.05) is 19.8 Å². The average Bonchev–Trinajstić information content (AvgIpc) is 2.62. The second-order valence-corrected chi connectivity index (χ2v) is 5.58. The number of hydrogen-bond acceptors (Lipinski definition) is 3. The van der Waals surface area contributed by atoms with E-state index >= 15 is 0 Å². The van der Waals surface area contributed by atoms with Crippen molar-refractivity contribution in [2.75, 3.05) is 11.9 Å². The van der Waals surface area contributed by atoms with E-state index in [1.54, 1.807) is 20.9 Å². The lowest BCUT2D eigenvalue weighted by atomic mass is 9.95. The molecule has 8 heteroatoms. The number of hydrogen-bond donors (Lipinski definition) is 1. The van der Waals surface area contributed by atoms with E-state index in [1.807, 2.05) is 13.8 Å². The van der Waals surface area contributed by atoms with E-state index < -0.39 is 23.9 Å². The number of halogens is 4. The fraction of sp³-hybridized carbons (Fsp3) is 0.286. The molecule has 0 radical (unpaired) electrons. The number of benzene rings is 2. The highest BCUT2D eigenvalue weighted by molar-refractivity contribution is 5.93. The Balaban J connectivity index is 0.00000204. The minimum Gasteiger partial charge on any atom is -0.478 e. The molecule has 0 aliphatic carbocycles. The molecule has 2 aromatic rings.